The molecule has 6 heteroatoms. The Labute approximate surface area is 147 Å². The summed E-state index contributed by atoms with van der Waals surface area (Å²) < 4.78 is 0. The summed E-state index contributed by atoms with van der Waals surface area (Å²) >= 11 is 0. The first-order chi connectivity index (χ1) is 12.2. The highest BCUT2D eigenvalue weighted by Crippen LogP contribution is 2.16. The van der Waals surface area contributed by atoms with Gasteiger partial charge in [-0.05, 0) is 30.2 Å². The van der Waals surface area contributed by atoms with Gasteiger partial charge >= 0.3 is 0 Å². The molecule has 0 fully saturated rings. The Bertz CT molecular complexity index is 731. The highest BCUT2D eigenvalue weighted by Gasteiger charge is 2.11. The quantitative estimate of drug-likeness (QED) is 0.591. The maximum atomic E-state index is 12.2. The van der Waals surface area contributed by atoms with Gasteiger partial charge in [-0.2, -0.15) is 0 Å². The van der Waals surface area contributed by atoms with Gasteiger partial charge in [0.05, 0.1) is 18.7 Å². The summed E-state index contributed by atoms with van der Waals surface area (Å²) in [6, 6.07) is 14.6. The zero-order valence-electron chi connectivity index (χ0n) is 14.2. The number of nitrogens with one attached hydrogen (secondary N) is 3. The number of aliphatic hydroxyl groups excluding tert-OH is 1. The Morgan fingerprint density at radius 2 is 1.68 bits per heavy atom. The molecule has 132 valence electrons. The van der Waals surface area contributed by atoms with Crippen LogP contribution >= 0.6 is 0 Å². The summed E-state index contributed by atoms with van der Waals surface area (Å²) in [5.41, 5.74) is 2.86. The number of anilines is 2. The van der Waals surface area contributed by atoms with Crippen molar-refractivity contribution in [2.24, 2.45) is 0 Å². The molecule has 0 saturated carbocycles. The van der Waals surface area contributed by atoms with Gasteiger partial charge in [-0.3, -0.25) is 9.59 Å². The molecule has 0 bridgehead atoms. The first-order valence-corrected chi connectivity index (χ1v) is 8.25. The van der Waals surface area contributed by atoms with E-state index >= 15 is 0 Å². The van der Waals surface area contributed by atoms with Gasteiger partial charge in [0, 0.05) is 17.9 Å². The van der Waals surface area contributed by atoms with Gasteiger partial charge in [-0.25, -0.2) is 0 Å². The molecule has 0 heterocycles. The predicted molar refractivity (Wildman–Crippen MR) is 98.8 cm³/mol. The van der Waals surface area contributed by atoms with Gasteiger partial charge in [-0.15, -0.1) is 0 Å². The van der Waals surface area contributed by atoms with Crippen molar-refractivity contribution in [1.29, 1.82) is 0 Å². The molecule has 0 aromatic heterocycles. The van der Waals surface area contributed by atoms with E-state index in [1.54, 1.807) is 24.3 Å². The fraction of sp³-hybridized carbons (Fsp3) is 0.263. The van der Waals surface area contributed by atoms with Crippen LogP contribution in [0.4, 0.5) is 11.4 Å². The minimum absolute atomic E-state index is 0.0440. The molecule has 0 atom stereocenters. The van der Waals surface area contributed by atoms with Crippen LogP contribution in [0.15, 0.2) is 48.5 Å². The van der Waals surface area contributed by atoms with Crippen molar-refractivity contribution in [2.75, 3.05) is 30.3 Å². The second kappa shape index (κ2) is 9.44. The van der Waals surface area contributed by atoms with Crippen LogP contribution in [0.3, 0.4) is 0 Å². The third kappa shape index (κ3) is 5.32. The van der Waals surface area contributed by atoms with E-state index in [4.69, 9.17) is 5.11 Å². The Morgan fingerprint density at radius 1 is 1.00 bits per heavy atom. The van der Waals surface area contributed by atoms with Crippen molar-refractivity contribution in [3.63, 3.8) is 0 Å². The molecule has 0 aliphatic rings. The van der Waals surface area contributed by atoms with Gasteiger partial charge in [0.2, 0.25) is 5.91 Å². The predicted octanol–water partition coefficient (Wildman–Crippen LogP) is 2.02. The van der Waals surface area contributed by atoms with Crippen LogP contribution in [0.25, 0.3) is 0 Å². The molecule has 4 N–H and O–H groups in total. The highest BCUT2D eigenvalue weighted by atomic mass is 16.3. The number of amides is 2. The maximum absolute atomic E-state index is 12.2. The van der Waals surface area contributed by atoms with E-state index in [9.17, 15) is 9.59 Å². The lowest BCUT2D eigenvalue weighted by Gasteiger charge is -2.13. The number of rotatable bonds is 8. The molecule has 0 saturated heterocycles. The lowest BCUT2D eigenvalue weighted by Crippen LogP contribution is -2.28. The molecule has 2 aromatic rings. The Kier molecular flexibility index (Phi) is 6.98. The van der Waals surface area contributed by atoms with Crippen molar-refractivity contribution >= 4 is 23.2 Å². The van der Waals surface area contributed by atoms with Crippen molar-refractivity contribution in [2.45, 2.75) is 13.3 Å². The van der Waals surface area contributed by atoms with Crippen LogP contribution in [-0.4, -0.2) is 36.6 Å². The molecule has 0 aliphatic carbocycles. The molecule has 0 spiro atoms. The van der Waals surface area contributed by atoms with Gasteiger partial charge in [0.15, 0.2) is 0 Å². The standard InChI is InChI=1S/C19H23N3O3/c1-2-14-7-3-5-9-16(14)22-18(24)13-21-17-10-6-4-8-15(17)19(25)20-11-12-23/h3-10,21,23H,2,11-13H2,1H3,(H,20,25)(H,22,24). The van der Waals surface area contributed by atoms with Crippen LogP contribution in [0.1, 0.15) is 22.8 Å². The zero-order chi connectivity index (χ0) is 18.1. The largest absolute Gasteiger partial charge is 0.395 e. The van der Waals surface area contributed by atoms with Gasteiger partial charge < -0.3 is 21.1 Å². The van der Waals surface area contributed by atoms with Crippen LogP contribution < -0.4 is 16.0 Å². The van der Waals surface area contributed by atoms with Gasteiger partial charge in [0.25, 0.3) is 5.91 Å². The molecule has 0 radical (unpaired) electrons. The smallest absolute Gasteiger partial charge is 0.253 e. The summed E-state index contributed by atoms with van der Waals surface area (Å²) in [4.78, 5) is 24.3. The number of carbonyl (C=O) groups is 2. The van der Waals surface area contributed by atoms with E-state index in [1.165, 1.54) is 0 Å². The van der Waals surface area contributed by atoms with Crippen LogP contribution in [0.5, 0.6) is 0 Å². The van der Waals surface area contributed by atoms with E-state index in [-0.39, 0.29) is 31.5 Å². The highest BCUT2D eigenvalue weighted by molar-refractivity contribution is 6.01. The molecule has 2 rings (SSSR count). The van der Waals surface area contributed by atoms with E-state index in [0.29, 0.717) is 11.3 Å². The number of aryl methyl sites for hydroxylation is 1. The summed E-state index contributed by atoms with van der Waals surface area (Å²) in [6.07, 6.45) is 0.831. The average Bonchev–Trinajstić information content (AvgIpc) is 2.65. The van der Waals surface area contributed by atoms with Gasteiger partial charge in [-0.1, -0.05) is 37.3 Å². The molecule has 0 aliphatic heterocycles. The van der Waals surface area contributed by atoms with Crippen LogP contribution in [0.2, 0.25) is 0 Å². The molecular formula is C19H23N3O3. The van der Waals surface area contributed by atoms with Crippen molar-refractivity contribution in [1.82, 2.24) is 5.32 Å². The minimum Gasteiger partial charge on any atom is -0.395 e. The van der Waals surface area contributed by atoms with Crippen molar-refractivity contribution in [3.8, 4) is 0 Å². The Hall–Kier alpha value is -2.86. The molecular weight excluding hydrogens is 318 g/mol. The first-order valence-electron chi connectivity index (χ1n) is 8.25. The Balaban J connectivity index is 1.99. The van der Waals surface area contributed by atoms with E-state index < -0.39 is 0 Å². The average molecular weight is 341 g/mol. The number of hydrogen-bond acceptors (Lipinski definition) is 4. The van der Waals surface area contributed by atoms with Gasteiger partial charge in [0.1, 0.15) is 0 Å². The first kappa shape index (κ1) is 18.5. The third-order valence-electron chi connectivity index (χ3n) is 3.68. The summed E-state index contributed by atoms with van der Waals surface area (Å²) in [5.74, 6) is -0.486. The number of benzene rings is 2. The maximum Gasteiger partial charge on any atom is 0.253 e. The molecule has 2 amide bonds. The molecule has 2 aromatic carbocycles. The fourth-order valence-electron chi connectivity index (χ4n) is 2.42. The van der Waals surface area contributed by atoms with Crippen LogP contribution in [0, 0.1) is 0 Å². The monoisotopic (exact) mass is 341 g/mol. The topological polar surface area (TPSA) is 90.5 Å². The lowest BCUT2D eigenvalue weighted by atomic mass is 10.1. The fourth-order valence-corrected chi connectivity index (χ4v) is 2.42. The second-order valence-electron chi connectivity index (χ2n) is 5.44. The summed E-state index contributed by atoms with van der Waals surface area (Å²) in [7, 11) is 0. The lowest BCUT2D eigenvalue weighted by molar-refractivity contribution is -0.114. The number of carbonyl (C=O) groups excluding carboxylic acids is 2. The molecule has 0 unspecified atom stereocenters. The molecule has 25 heavy (non-hydrogen) atoms. The van der Waals surface area contributed by atoms with E-state index in [0.717, 1.165) is 17.7 Å². The number of hydrogen-bond donors (Lipinski definition) is 4. The van der Waals surface area contributed by atoms with Crippen LogP contribution in [-0.2, 0) is 11.2 Å². The minimum atomic E-state index is -0.297. The second-order valence-corrected chi connectivity index (χ2v) is 5.44. The van der Waals surface area contributed by atoms with E-state index in [2.05, 4.69) is 16.0 Å². The van der Waals surface area contributed by atoms with Crippen molar-refractivity contribution in [3.05, 3.63) is 59.7 Å². The summed E-state index contributed by atoms with van der Waals surface area (Å²) in [5, 5.41) is 17.3. The normalized spacial score (nSPS) is 10.2. The van der Waals surface area contributed by atoms with Crippen molar-refractivity contribution < 1.29 is 14.7 Å². The summed E-state index contributed by atoms with van der Waals surface area (Å²) in [6.45, 7) is 2.13. The number of para-hydroxylation sites is 2. The third-order valence-corrected chi connectivity index (χ3v) is 3.68. The SMILES string of the molecule is CCc1ccccc1NC(=O)CNc1ccccc1C(=O)NCCO. The molecule has 6 nitrogen and oxygen atoms in total. The van der Waals surface area contributed by atoms with E-state index in [1.807, 2.05) is 31.2 Å². The Morgan fingerprint density at radius 3 is 2.40 bits per heavy atom. The number of aliphatic hydroxyl groups is 1. The zero-order valence-corrected chi connectivity index (χ0v) is 14.2.